The number of hydrogen-bond donors (Lipinski definition) is 1. The van der Waals surface area contributed by atoms with Crippen molar-refractivity contribution in [1.29, 1.82) is 0 Å². The molecule has 0 unspecified atom stereocenters. The van der Waals surface area contributed by atoms with Gasteiger partial charge in [0.2, 0.25) is 0 Å². The van der Waals surface area contributed by atoms with Crippen LogP contribution in [0.2, 0.25) is 0 Å². The van der Waals surface area contributed by atoms with Crippen molar-refractivity contribution in [3.8, 4) is 5.75 Å². The zero-order chi connectivity index (χ0) is 16.8. The lowest BCUT2D eigenvalue weighted by Gasteiger charge is -2.05. The van der Waals surface area contributed by atoms with E-state index in [1.54, 1.807) is 31.8 Å². The maximum Gasteiger partial charge on any atom is 0.287 e. The standard InChI is InChI=1S/C17H19N3O4/c1-22-14-4-2-3-13-11-15(24-16(13)14)17(21)19-6-9-23-10-8-20-7-5-18-12-20/h2-5,7,11-12H,6,8-10H2,1H3,(H,19,21). The average Bonchev–Trinajstić information content (AvgIpc) is 3.26. The fourth-order valence-electron chi connectivity index (χ4n) is 2.32. The van der Waals surface area contributed by atoms with Gasteiger partial charge in [-0.1, -0.05) is 12.1 Å². The predicted molar refractivity (Wildman–Crippen MR) is 88.1 cm³/mol. The van der Waals surface area contributed by atoms with Gasteiger partial charge in [0.1, 0.15) is 0 Å². The van der Waals surface area contributed by atoms with E-state index in [4.69, 9.17) is 13.9 Å². The number of carbonyl (C=O) groups is 1. The second kappa shape index (κ2) is 7.65. The Hall–Kier alpha value is -2.80. The van der Waals surface area contributed by atoms with Crippen LogP contribution >= 0.6 is 0 Å². The molecular formula is C17H19N3O4. The van der Waals surface area contributed by atoms with Crippen LogP contribution in [0.15, 0.2) is 47.4 Å². The number of rotatable bonds is 8. The number of para-hydroxylation sites is 1. The largest absolute Gasteiger partial charge is 0.493 e. The summed E-state index contributed by atoms with van der Waals surface area (Å²) in [6, 6.07) is 7.22. The zero-order valence-corrected chi connectivity index (χ0v) is 13.4. The third kappa shape index (κ3) is 3.75. The van der Waals surface area contributed by atoms with Crippen LogP contribution in [-0.4, -0.2) is 42.3 Å². The summed E-state index contributed by atoms with van der Waals surface area (Å²) in [5, 5.41) is 3.60. The molecule has 0 saturated heterocycles. The van der Waals surface area contributed by atoms with Gasteiger partial charge in [-0.05, 0) is 12.1 Å². The topological polar surface area (TPSA) is 78.5 Å². The normalized spacial score (nSPS) is 10.9. The third-order valence-corrected chi connectivity index (χ3v) is 3.54. The molecule has 0 fully saturated rings. The Bertz CT molecular complexity index is 795. The van der Waals surface area contributed by atoms with Gasteiger partial charge in [0.25, 0.3) is 5.91 Å². The van der Waals surface area contributed by atoms with Crippen molar-refractivity contribution in [2.24, 2.45) is 0 Å². The molecule has 0 spiro atoms. The minimum absolute atomic E-state index is 0.257. The monoisotopic (exact) mass is 329 g/mol. The number of aromatic nitrogens is 2. The summed E-state index contributed by atoms with van der Waals surface area (Å²) in [5.74, 6) is 0.591. The van der Waals surface area contributed by atoms with E-state index < -0.39 is 0 Å². The second-order valence-corrected chi connectivity index (χ2v) is 5.16. The first-order valence-electron chi connectivity index (χ1n) is 7.66. The highest BCUT2D eigenvalue weighted by atomic mass is 16.5. The van der Waals surface area contributed by atoms with Crippen molar-refractivity contribution in [3.63, 3.8) is 0 Å². The molecule has 1 amide bonds. The molecule has 7 nitrogen and oxygen atoms in total. The van der Waals surface area contributed by atoms with Crippen LogP contribution in [0, 0.1) is 0 Å². The van der Waals surface area contributed by atoms with E-state index in [0.29, 0.717) is 31.1 Å². The minimum atomic E-state index is -0.272. The summed E-state index contributed by atoms with van der Waals surface area (Å²) in [5.41, 5.74) is 0.571. The Morgan fingerprint density at radius 3 is 3.08 bits per heavy atom. The number of carbonyl (C=O) groups excluding carboxylic acids is 1. The molecule has 0 bridgehead atoms. The number of nitrogens with zero attached hydrogens (tertiary/aromatic N) is 2. The molecular weight excluding hydrogens is 310 g/mol. The predicted octanol–water partition coefficient (Wildman–Crippen LogP) is 2.08. The highest BCUT2D eigenvalue weighted by molar-refractivity contribution is 5.97. The molecule has 0 saturated carbocycles. The first-order chi connectivity index (χ1) is 11.8. The molecule has 7 heteroatoms. The van der Waals surface area contributed by atoms with Gasteiger partial charge in [-0.3, -0.25) is 4.79 Å². The van der Waals surface area contributed by atoms with Gasteiger partial charge < -0.3 is 23.8 Å². The molecule has 2 aromatic heterocycles. The Labute approximate surface area is 139 Å². The van der Waals surface area contributed by atoms with Crippen LogP contribution in [0.1, 0.15) is 10.6 Å². The number of nitrogens with one attached hydrogen (secondary N) is 1. The quantitative estimate of drug-likeness (QED) is 0.640. The summed E-state index contributed by atoms with van der Waals surface area (Å²) >= 11 is 0. The van der Waals surface area contributed by atoms with E-state index in [1.165, 1.54) is 0 Å². The van der Waals surface area contributed by atoms with Crippen molar-refractivity contribution in [3.05, 3.63) is 48.7 Å². The number of benzene rings is 1. The van der Waals surface area contributed by atoms with Crippen molar-refractivity contribution in [2.75, 3.05) is 26.9 Å². The molecule has 0 aliphatic carbocycles. The van der Waals surface area contributed by atoms with Crippen LogP contribution in [0.4, 0.5) is 0 Å². The SMILES string of the molecule is COc1cccc2cc(C(=O)NCCOCCn3ccnc3)oc12. The average molecular weight is 329 g/mol. The van der Waals surface area contributed by atoms with E-state index in [1.807, 2.05) is 22.9 Å². The molecule has 0 aliphatic rings. The number of furan rings is 1. The van der Waals surface area contributed by atoms with Gasteiger partial charge >= 0.3 is 0 Å². The fourth-order valence-corrected chi connectivity index (χ4v) is 2.32. The van der Waals surface area contributed by atoms with E-state index in [0.717, 1.165) is 11.9 Å². The summed E-state index contributed by atoms with van der Waals surface area (Å²) in [6.07, 6.45) is 5.34. The molecule has 126 valence electrons. The molecule has 1 aromatic carbocycles. The Morgan fingerprint density at radius 1 is 1.38 bits per heavy atom. The van der Waals surface area contributed by atoms with Gasteiger partial charge in [-0.25, -0.2) is 4.98 Å². The molecule has 3 aromatic rings. The maximum atomic E-state index is 12.1. The second-order valence-electron chi connectivity index (χ2n) is 5.16. The number of amides is 1. The smallest absolute Gasteiger partial charge is 0.287 e. The van der Waals surface area contributed by atoms with Crippen LogP contribution in [0.25, 0.3) is 11.0 Å². The number of methoxy groups -OCH3 is 1. The van der Waals surface area contributed by atoms with Gasteiger partial charge in [0.05, 0.1) is 26.7 Å². The van der Waals surface area contributed by atoms with Gasteiger partial charge in [0, 0.05) is 30.9 Å². The Kier molecular flexibility index (Phi) is 5.12. The molecule has 2 heterocycles. The molecule has 1 N–H and O–H groups in total. The number of hydrogen-bond acceptors (Lipinski definition) is 5. The lowest BCUT2D eigenvalue weighted by molar-refractivity contribution is 0.0884. The fraction of sp³-hybridized carbons (Fsp3) is 0.294. The lowest BCUT2D eigenvalue weighted by atomic mass is 10.2. The summed E-state index contributed by atoms with van der Waals surface area (Å²) < 4.78 is 18.2. The number of fused-ring (bicyclic) bond motifs is 1. The highest BCUT2D eigenvalue weighted by Crippen LogP contribution is 2.28. The highest BCUT2D eigenvalue weighted by Gasteiger charge is 2.14. The molecule has 0 atom stereocenters. The number of imidazole rings is 1. The maximum absolute atomic E-state index is 12.1. The molecule has 24 heavy (non-hydrogen) atoms. The van der Waals surface area contributed by atoms with Gasteiger partial charge in [-0.15, -0.1) is 0 Å². The van der Waals surface area contributed by atoms with Crippen LogP contribution < -0.4 is 10.1 Å². The van der Waals surface area contributed by atoms with Crippen LogP contribution in [0.3, 0.4) is 0 Å². The van der Waals surface area contributed by atoms with E-state index in [2.05, 4.69) is 10.3 Å². The summed E-state index contributed by atoms with van der Waals surface area (Å²) in [6.45, 7) is 2.15. The Balaban J connectivity index is 1.45. The first-order valence-corrected chi connectivity index (χ1v) is 7.66. The van der Waals surface area contributed by atoms with Crippen molar-refractivity contribution in [2.45, 2.75) is 6.54 Å². The molecule has 0 aliphatic heterocycles. The summed E-state index contributed by atoms with van der Waals surface area (Å²) in [7, 11) is 1.57. The molecule has 3 rings (SSSR count). The first kappa shape index (κ1) is 16.1. The van der Waals surface area contributed by atoms with Crippen molar-refractivity contribution >= 4 is 16.9 Å². The third-order valence-electron chi connectivity index (χ3n) is 3.54. The molecule has 0 radical (unpaired) electrons. The van der Waals surface area contributed by atoms with E-state index in [-0.39, 0.29) is 11.7 Å². The van der Waals surface area contributed by atoms with Crippen LogP contribution in [0.5, 0.6) is 5.75 Å². The number of ether oxygens (including phenoxy) is 2. The van der Waals surface area contributed by atoms with E-state index >= 15 is 0 Å². The van der Waals surface area contributed by atoms with Crippen LogP contribution in [-0.2, 0) is 11.3 Å². The van der Waals surface area contributed by atoms with Crippen molar-refractivity contribution in [1.82, 2.24) is 14.9 Å². The van der Waals surface area contributed by atoms with Gasteiger partial charge in [-0.2, -0.15) is 0 Å². The minimum Gasteiger partial charge on any atom is -0.493 e. The van der Waals surface area contributed by atoms with E-state index in [9.17, 15) is 4.79 Å². The summed E-state index contributed by atoms with van der Waals surface area (Å²) in [4.78, 5) is 16.1. The zero-order valence-electron chi connectivity index (χ0n) is 13.4. The Morgan fingerprint density at radius 2 is 2.29 bits per heavy atom. The lowest BCUT2D eigenvalue weighted by Crippen LogP contribution is -2.27. The van der Waals surface area contributed by atoms with Crippen molar-refractivity contribution < 1.29 is 18.7 Å². The van der Waals surface area contributed by atoms with Gasteiger partial charge in [0.15, 0.2) is 17.1 Å².